The fraction of sp³-hybridized carbons (Fsp3) is 0.267. The number of nitrogens with one attached hydrogen (secondary N) is 1. The Kier molecular flexibility index (Phi) is 4.80. The SMILES string of the molecule is Oc1cccnc1CNCCc1cccc(C(F)(F)F)c1. The lowest BCUT2D eigenvalue weighted by Gasteiger charge is -2.09. The second kappa shape index (κ2) is 6.58. The molecule has 0 saturated carbocycles. The van der Waals surface area contributed by atoms with Gasteiger partial charge >= 0.3 is 6.18 Å². The first-order valence-electron chi connectivity index (χ1n) is 6.46. The van der Waals surface area contributed by atoms with Crippen molar-refractivity contribution in [3.05, 3.63) is 59.4 Å². The first-order chi connectivity index (χ1) is 9.97. The molecule has 2 aromatic rings. The maximum Gasteiger partial charge on any atom is 0.416 e. The van der Waals surface area contributed by atoms with E-state index in [0.29, 0.717) is 30.8 Å². The largest absolute Gasteiger partial charge is 0.506 e. The first kappa shape index (κ1) is 15.3. The van der Waals surface area contributed by atoms with Gasteiger partial charge in [-0.15, -0.1) is 0 Å². The van der Waals surface area contributed by atoms with E-state index in [4.69, 9.17) is 0 Å². The van der Waals surface area contributed by atoms with Crippen LogP contribution in [0.15, 0.2) is 42.6 Å². The summed E-state index contributed by atoms with van der Waals surface area (Å²) in [5.41, 5.74) is 0.492. The molecule has 1 aromatic heterocycles. The average molecular weight is 296 g/mol. The van der Waals surface area contributed by atoms with Crippen LogP contribution in [-0.4, -0.2) is 16.6 Å². The number of pyridine rings is 1. The Morgan fingerprint density at radius 3 is 2.67 bits per heavy atom. The van der Waals surface area contributed by atoms with E-state index in [1.807, 2.05) is 0 Å². The molecule has 0 amide bonds. The lowest BCUT2D eigenvalue weighted by atomic mass is 10.1. The third-order valence-corrected chi connectivity index (χ3v) is 3.00. The van der Waals surface area contributed by atoms with Gasteiger partial charge in [-0.2, -0.15) is 13.2 Å². The fourth-order valence-electron chi connectivity index (χ4n) is 1.91. The Hall–Kier alpha value is -2.08. The quantitative estimate of drug-likeness (QED) is 0.833. The zero-order valence-corrected chi connectivity index (χ0v) is 11.2. The van der Waals surface area contributed by atoms with Crippen LogP contribution < -0.4 is 5.32 Å². The highest BCUT2D eigenvalue weighted by atomic mass is 19.4. The van der Waals surface area contributed by atoms with Crippen LogP contribution in [0.1, 0.15) is 16.8 Å². The fourth-order valence-corrected chi connectivity index (χ4v) is 1.91. The molecule has 0 aliphatic heterocycles. The number of nitrogens with zero attached hydrogens (tertiary/aromatic N) is 1. The minimum absolute atomic E-state index is 0.101. The van der Waals surface area contributed by atoms with Gasteiger partial charge in [0.25, 0.3) is 0 Å². The van der Waals surface area contributed by atoms with Gasteiger partial charge in [-0.25, -0.2) is 0 Å². The summed E-state index contributed by atoms with van der Waals surface area (Å²) in [5.74, 6) is 0.101. The highest BCUT2D eigenvalue weighted by Crippen LogP contribution is 2.29. The van der Waals surface area contributed by atoms with Crippen molar-refractivity contribution < 1.29 is 18.3 Å². The van der Waals surface area contributed by atoms with Crippen molar-refractivity contribution in [3.63, 3.8) is 0 Å². The lowest BCUT2D eigenvalue weighted by Crippen LogP contribution is -2.17. The molecule has 0 atom stereocenters. The molecule has 3 nitrogen and oxygen atoms in total. The molecule has 6 heteroatoms. The van der Waals surface area contributed by atoms with Gasteiger partial charge in [-0.05, 0) is 36.7 Å². The zero-order valence-electron chi connectivity index (χ0n) is 11.2. The van der Waals surface area contributed by atoms with Gasteiger partial charge in [-0.1, -0.05) is 18.2 Å². The molecule has 1 aromatic carbocycles. The van der Waals surface area contributed by atoms with Crippen molar-refractivity contribution in [3.8, 4) is 5.75 Å². The van der Waals surface area contributed by atoms with Gasteiger partial charge in [0.05, 0.1) is 11.3 Å². The van der Waals surface area contributed by atoms with Crippen molar-refractivity contribution in [2.24, 2.45) is 0 Å². The average Bonchev–Trinajstić information content (AvgIpc) is 2.45. The number of benzene rings is 1. The van der Waals surface area contributed by atoms with Crippen LogP contribution in [0.4, 0.5) is 13.2 Å². The number of hydrogen-bond donors (Lipinski definition) is 2. The highest BCUT2D eigenvalue weighted by molar-refractivity contribution is 5.26. The Labute approximate surface area is 120 Å². The first-order valence-corrected chi connectivity index (χ1v) is 6.46. The molecule has 2 N–H and O–H groups in total. The molecule has 112 valence electrons. The minimum Gasteiger partial charge on any atom is -0.506 e. The summed E-state index contributed by atoms with van der Waals surface area (Å²) in [5, 5.41) is 12.6. The van der Waals surface area contributed by atoms with Gasteiger partial charge in [0, 0.05) is 12.7 Å². The number of aromatic hydroxyl groups is 1. The smallest absolute Gasteiger partial charge is 0.416 e. The van der Waals surface area contributed by atoms with Crippen LogP contribution in [0.5, 0.6) is 5.75 Å². The molecular weight excluding hydrogens is 281 g/mol. The monoisotopic (exact) mass is 296 g/mol. The molecule has 0 aliphatic rings. The molecule has 0 spiro atoms. The van der Waals surface area contributed by atoms with Crippen molar-refractivity contribution in [1.82, 2.24) is 10.3 Å². The van der Waals surface area contributed by atoms with Gasteiger partial charge in [0.2, 0.25) is 0 Å². The number of alkyl halides is 3. The normalized spacial score (nSPS) is 11.6. The molecule has 0 radical (unpaired) electrons. The highest BCUT2D eigenvalue weighted by Gasteiger charge is 2.30. The molecule has 21 heavy (non-hydrogen) atoms. The summed E-state index contributed by atoms with van der Waals surface area (Å²) in [6.45, 7) is 0.864. The molecule has 0 bridgehead atoms. The van der Waals surface area contributed by atoms with E-state index in [2.05, 4.69) is 10.3 Å². The Balaban J connectivity index is 1.85. The third kappa shape index (κ3) is 4.46. The van der Waals surface area contributed by atoms with Gasteiger partial charge < -0.3 is 10.4 Å². The number of aromatic nitrogens is 1. The standard InChI is InChI=1S/C15H15F3N2O/c16-15(17,18)12-4-1-3-11(9-12)6-8-19-10-13-14(21)5-2-7-20-13/h1-5,7,9,19,21H,6,8,10H2. The molecule has 0 saturated heterocycles. The van der Waals surface area contributed by atoms with Crippen molar-refractivity contribution in [2.75, 3.05) is 6.54 Å². The molecule has 1 heterocycles. The van der Waals surface area contributed by atoms with E-state index in [1.54, 1.807) is 18.3 Å². The summed E-state index contributed by atoms with van der Waals surface area (Å²) < 4.78 is 37.7. The molecule has 0 unspecified atom stereocenters. The number of hydrogen-bond acceptors (Lipinski definition) is 3. The summed E-state index contributed by atoms with van der Waals surface area (Å²) >= 11 is 0. The zero-order chi connectivity index (χ0) is 15.3. The summed E-state index contributed by atoms with van der Waals surface area (Å²) in [7, 11) is 0. The van der Waals surface area contributed by atoms with Crippen molar-refractivity contribution in [1.29, 1.82) is 0 Å². The van der Waals surface area contributed by atoms with Crippen molar-refractivity contribution in [2.45, 2.75) is 19.1 Å². The van der Waals surface area contributed by atoms with E-state index in [-0.39, 0.29) is 5.75 Å². The van der Waals surface area contributed by atoms with Crippen LogP contribution in [0, 0.1) is 0 Å². The maximum absolute atomic E-state index is 12.6. The maximum atomic E-state index is 12.6. The van der Waals surface area contributed by atoms with Crippen LogP contribution in [0.2, 0.25) is 0 Å². The van der Waals surface area contributed by atoms with Crippen LogP contribution >= 0.6 is 0 Å². The second-order valence-electron chi connectivity index (χ2n) is 4.59. The second-order valence-corrected chi connectivity index (χ2v) is 4.59. The van der Waals surface area contributed by atoms with E-state index in [0.717, 1.165) is 12.1 Å². The Bertz CT molecular complexity index is 599. The molecule has 0 fully saturated rings. The lowest BCUT2D eigenvalue weighted by molar-refractivity contribution is -0.137. The van der Waals surface area contributed by atoms with E-state index < -0.39 is 11.7 Å². The Morgan fingerprint density at radius 1 is 1.14 bits per heavy atom. The molecule has 0 aliphatic carbocycles. The van der Waals surface area contributed by atoms with Crippen LogP contribution in [0.3, 0.4) is 0 Å². The van der Waals surface area contributed by atoms with Gasteiger partial charge in [0.1, 0.15) is 5.75 Å². The van der Waals surface area contributed by atoms with Gasteiger partial charge in [0.15, 0.2) is 0 Å². The predicted octanol–water partition coefficient (Wildman–Crippen LogP) is 3.14. The van der Waals surface area contributed by atoms with Gasteiger partial charge in [-0.3, -0.25) is 4.98 Å². The minimum atomic E-state index is -4.32. The Morgan fingerprint density at radius 2 is 1.95 bits per heavy atom. The van der Waals surface area contributed by atoms with E-state index in [9.17, 15) is 18.3 Å². The van der Waals surface area contributed by atoms with Crippen molar-refractivity contribution >= 4 is 0 Å². The number of rotatable bonds is 5. The third-order valence-electron chi connectivity index (χ3n) is 3.00. The summed E-state index contributed by atoms with van der Waals surface area (Å²) in [6.07, 6.45) is -2.27. The van der Waals surface area contributed by atoms with E-state index in [1.165, 1.54) is 12.1 Å². The predicted molar refractivity (Wildman–Crippen MR) is 72.8 cm³/mol. The van der Waals surface area contributed by atoms with E-state index >= 15 is 0 Å². The number of halogens is 3. The summed E-state index contributed by atoms with van der Waals surface area (Å²) in [6, 6.07) is 8.44. The van der Waals surface area contributed by atoms with Crippen LogP contribution in [-0.2, 0) is 19.1 Å². The molecule has 2 rings (SSSR count). The van der Waals surface area contributed by atoms with Crippen LogP contribution in [0.25, 0.3) is 0 Å². The molecular formula is C15H15F3N2O. The summed E-state index contributed by atoms with van der Waals surface area (Å²) in [4.78, 5) is 4.01. The topological polar surface area (TPSA) is 45.2 Å².